The van der Waals surface area contributed by atoms with Crippen molar-refractivity contribution in [3.8, 4) is 23.7 Å². The number of anilines is 2. The van der Waals surface area contributed by atoms with Gasteiger partial charge in [-0.25, -0.2) is 5.06 Å². The Labute approximate surface area is 250 Å². The monoisotopic (exact) mass is 562 g/mol. The summed E-state index contributed by atoms with van der Waals surface area (Å²) < 4.78 is 1.00. The molecular formula is C36H40N3O3. The lowest BCUT2D eigenvalue weighted by molar-refractivity contribution is -0.540. The van der Waals surface area contributed by atoms with E-state index >= 15 is 0 Å². The highest BCUT2D eigenvalue weighted by Crippen LogP contribution is 2.29. The molecule has 42 heavy (non-hydrogen) atoms. The van der Waals surface area contributed by atoms with Crippen molar-refractivity contribution in [2.45, 2.75) is 91.8 Å². The van der Waals surface area contributed by atoms with Gasteiger partial charge in [-0.1, -0.05) is 35.0 Å². The van der Waals surface area contributed by atoms with Gasteiger partial charge in [0.1, 0.15) is 0 Å². The third kappa shape index (κ3) is 6.85. The molecule has 0 atom stereocenters. The number of hydrogen-bond donors (Lipinski definition) is 0. The molecule has 6 nitrogen and oxygen atoms in total. The first-order valence-corrected chi connectivity index (χ1v) is 14.3. The zero-order chi connectivity index (χ0) is 31.0. The average Bonchev–Trinajstić information content (AvgIpc) is 2.91. The third-order valence-electron chi connectivity index (χ3n) is 7.04. The summed E-state index contributed by atoms with van der Waals surface area (Å²) >= 11 is 0. The lowest BCUT2D eigenvalue weighted by Gasteiger charge is -2.43. The maximum Gasteiger partial charge on any atom is 0.257 e. The molecule has 0 bridgehead atoms. The largest absolute Gasteiger partial charge is 0.758 e. The van der Waals surface area contributed by atoms with Gasteiger partial charge < -0.3 is 10.3 Å². The average molecular weight is 563 g/mol. The number of hydroxylamine groups is 2. The summed E-state index contributed by atoms with van der Waals surface area (Å²) in [6.45, 7) is 16.9. The minimum Gasteiger partial charge on any atom is -0.758 e. The van der Waals surface area contributed by atoms with Crippen molar-refractivity contribution >= 4 is 17.1 Å². The zero-order valence-corrected chi connectivity index (χ0v) is 26.2. The van der Waals surface area contributed by atoms with Crippen LogP contribution >= 0.6 is 0 Å². The highest BCUT2D eigenvalue weighted by molar-refractivity contribution is 5.64. The van der Waals surface area contributed by atoms with E-state index < -0.39 is 16.6 Å². The summed E-state index contributed by atoms with van der Waals surface area (Å²) in [7, 11) is 0. The van der Waals surface area contributed by atoms with E-state index in [9.17, 15) is 15.3 Å². The summed E-state index contributed by atoms with van der Waals surface area (Å²) in [4.78, 5) is 13.0. The van der Waals surface area contributed by atoms with Gasteiger partial charge in [0.05, 0.1) is 11.2 Å². The number of rotatable bonds is 3. The molecule has 1 aliphatic carbocycles. The predicted molar refractivity (Wildman–Crippen MR) is 170 cm³/mol. The molecule has 0 unspecified atom stereocenters. The number of fused-ring (bicyclic) bond motifs is 3. The van der Waals surface area contributed by atoms with Crippen LogP contribution in [0.25, 0.3) is 0 Å². The highest BCUT2D eigenvalue weighted by atomic mass is 16.5. The number of nitrogens with zero attached hydrogens (tertiary/aromatic N) is 3. The highest BCUT2D eigenvalue weighted by Gasteiger charge is 2.31. The van der Waals surface area contributed by atoms with Crippen molar-refractivity contribution in [1.82, 2.24) is 0 Å². The van der Waals surface area contributed by atoms with E-state index in [4.69, 9.17) is 0 Å². The van der Waals surface area contributed by atoms with Gasteiger partial charge >= 0.3 is 0 Å². The molecule has 0 heterocycles. The molecule has 1 radical (unpaired) electrons. The molecule has 0 N–H and O–H groups in total. The van der Waals surface area contributed by atoms with Crippen LogP contribution in [0.4, 0.5) is 17.1 Å². The first-order valence-electron chi connectivity index (χ1n) is 14.3. The molecule has 0 spiro atoms. The van der Waals surface area contributed by atoms with Crippen molar-refractivity contribution in [2.24, 2.45) is 0 Å². The van der Waals surface area contributed by atoms with Crippen LogP contribution in [0.2, 0.25) is 0 Å². The van der Waals surface area contributed by atoms with Crippen molar-refractivity contribution in [2.75, 3.05) is 10.1 Å². The van der Waals surface area contributed by atoms with Crippen LogP contribution in [0.15, 0.2) is 54.6 Å². The van der Waals surface area contributed by atoms with Crippen molar-refractivity contribution in [3.63, 3.8) is 0 Å². The van der Waals surface area contributed by atoms with E-state index in [0.29, 0.717) is 41.0 Å². The summed E-state index contributed by atoms with van der Waals surface area (Å²) in [6, 6.07) is 16.7. The van der Waals surface area contributed by atoms with Gasteiger partial charge in [0.15, 0.2) is 0 Å². The van der Waals surface area contributed by atoms with Gasteiger partial charge in [0.2, 0.25) is 5.54 Å². The quantitative estimate of drug-likeness (QED) is 0.185. The van der Waals surface area contributed by atoms with Crippen LogP contribution in [0, 0.1) is 33.8 Å². The number of aryl methyl sites for hydroxylation is 2. The molecule has 3 aromatic rings. The Morgan fingerprint density at radius 1 is 0.643 bits per heavy atom. The second-order valence-corrected chi connectivity index (χ2v) is 13.8. The minimum atomic E-state index is -0.619. The Morgan fingerprint density at radius 2 is 1.21 bits per heavy atom. The first kappa shape index (κ1) is 30.8. The summed E-state index contributed by atoms with van der Waals surface area (Å²) in [6.07, 6.45) is 1.29. The van der Waals surface area contributed by atoms with E-state index in [2.05, 4.69) is 23.7 Å². The normalized spacial score (nSPS) is 13.0. The van der Waals surface area contributed by atoms with Crippen LogP contribution in [-0.2, 0) is 18.0 Å². The van der Waals surface area contributed by atoms with Gasteiger partial charge in [-0.2, -0.15) is 0 Å². The minimum absolute atomic E-state index is 0.502. The molecule has 0 amide bonds. The second kappa shape index (κ2) is 11.3. The van der Waals surface area contributed by atoms with Gasteiger partial charge in [-0.3, -0.25) is 0 Å². The zero-order valence-electron chi connectivity index (χ0n) is 26.2. The smallest absolute Gasteiger partial charge is 0.257 e. The van der Waals surface area contributed by atoms with Gasteiger partial charge in [0, 0.05) is 76.1 Å². The van der Waals surface area contributed by atoms with Crippen LogP contribution in [0.1, 0.15) is 95.7 Å². The Balaban J connectivity index is 1.93. The summed E-state index contributed by atoms with van der Waals surface area (Å²) in [5.74, 6) is 13.1. The van der Waals surface area contributed by atoms with Gasteiger partial charge in [-0.05, 0) is 102 Å². The summed E-state index contributed by atoms with van der Waals surface area (Å²) in [5, 5.41) is 28.1. The predicted octanol–water partition coefficient (Wildman–Crippen LogP) is 7.85. The van der Waals surface area contributed by atoms with Gasteiger partial charge in [-0.15, -0.1) is 0 Å². The topological polar surface area (TPSA) is 69.5 Å². The number of nitroso groups, excluding NO2 is 1. The molecule has 0 aromatic heterocycles. The standard InChI is InChI=1S/C36H40N3O3/c1-34(2,3)37(40)31-19-16-25-11-14-29-23-33(39(42)36(7,8)9)21-18-27(29)12-15-30-24-32(38(41)35(4,5)6)20-17-26(30)10-13-28(25)22-31/h16-24H,10,13H2,1-9H3. The van der Waals surface area contributed by atoms with E-state index in [-0.39, 0.29) is 0 Å². The van der Waals surface area contributed by atoms with E-state index in [1.165, 1.54) is 0 Å². The van der Waals surface area contributed by atoms with Crippen LogP contribution in [0.3, 0.4) is 0 Å². The maximum absolute atomic E-state index is 13.0. The molecule has 6 heteroatoms. The third-order valence-corrected chi connectivity index (χ3v) is 7.04. The fraction of sp³-hybridized carbons (Fsp3) is 0.389. The van der Waals surface area contributed by atoms with E-state index in [1.807, 2.05) is 105 Å². The lowest BCUT2D eigenvalue weighted by Crippen LogP contribution is -2.37. The van der Waals surface area contributed by atoms with Crippen LogP contribution < -0.4 is 10.1 Å². The molecular weight excluding hydrogens is 522 g/mol. The number of hydrogen-bond acceptors (Lipinski definition) is 4. The molecule has 0 aliphatic heterocycles. The fourth-order valence-corrected chi connectivity index (χ4v) is 4.63. The molecule has 217 valence electrons. The molecule has 0 saturated carbocycles. The maximum atomic E-state index is 13.0. The van der Waals surface area contributed by atoms with Crippen LogP contribution in [0.5, 0.6) is 0 Å². The Bertz CT molecular complexity index is 1650. The van der Waals surface area contributed by atoms with Crippen LogP contribution in [-0.4, -0.2) is 21.4 Å². The van der Waals surface area contributed by atoms with Crippen molar-refractivity contribution in [3.05, 3.63) is 98.1 Å². The summed E-state index contributed by atoms with van der Waals surface area (Å²) in [5.41, 5.74) is 4.67. The Morgan fingerprint density at radius 3 is 1.86 bits per heavy atom. The van der Waals surface area contributed by atoms with E-state index in [0.717, 1.165) is 37.1 Å². The van der Waals surface area contributed by atoms with Crippen molar-refractivity contribution in [1.29, 1.82) is 0 Å². The number of benzene rings is 3. The molecule has 4 rings (SSSR count). The second-order valence-electron chi connectivity index (χ2n) is 13.8. The van der Waals surface area contributed by atoms with Gasteiger partial charge in [0.25, 0.3) is 5.69 Å². The molecule has 3 aromatic carbocycles. The SMILES string of the molecule is CC(C)(C)N([O])c1ccc2c(c1)C#Cc1ccc(N([O-])C(C)(C)C)cc1CCc1ccc([N+](=O)C(C)(C)C)cc1C#C2. The molecule has 0 fully saturated rings. The lowest BCUT2D eigenvalue weighted by atomic mass is 9.94. The molecule has 1 aliphatic rings. The fourth-order valence-electron chi connectivity index (χ4n) is 4.63. The molecule has 0 saturated heterocycles. The Kier molecular flexibility index (Phi) is 8.29. The van der Waals surface area contributed by atoms with E-state index in [1.54, 1.807) is 12.1 Å². The Hall–Kier alpha value is -4.10. The van der Waals surface area contributed by atoms with Crippen molar-refractivity contribution < 1.29 is 9.97 Å². The first-order chi connectivity index (χ1) is 19.4.